The van der Waals surface area contributed by atoms with Crippen molar-refractivity contribution in [2.45, 2.75) is 43.4 Å². The van der Waals surface area contributed by atoms with Crippen LogP contribution >= 0.6 is 0 Å². The third-order valence-electron chi connectivity index (χ3n) is 3.75. The smallest absolute Gasteiger partial charge is 0.244 e. The first kappa shape index (κ1) is 15.2. The second-order valence-corrected chi connectivity index (χ2v) is 6.92. The van der Waals surface area contributed by atoms with Crippen LogP contribution in [0.2, 0.25) is 0 Å². The van der Waals surface area contributed by atoms with Crippen molar-refractivity contribution in [3.63, 3.8) is 0 Å². The van der Waals surface area contributed by atoms with E-state index in [0.29, 0.717) is 6.54 Å². The Kier molecular flexibility index (Phi) is 5.33. The highest BCUT2D eigenvalue weighted by molar-refractivity contribution is 7.89. The maximum Gasteiger partial charge on any atom is 0.244 e. The van der Waals surface area contributed by atoms with E-state index in [1.807, 2.05) is 0 Å². The second-order valence-electron chi connectivity index (χ2n) is 5.18. The van der Waals surface area contributed by atoms with Crippen LogP contribution in [0.25, 0.3) is 0 Å². The number of sulfonamides is 1. The maximum atomic E-state index is 12.2. The summed E-state index contributed by atoms with van der Waals surface area (Å²) in [4.78, 5) is 3.99. The van der Waals surface area contributed by atoms with Crippen LogP contribution in [0.1, 0.15) is 38.5 Å². The number of anilines is 1. The molecule has 112 valence electrons. The lowest BCUT2D eigenvalue weighted by molar-refractivity contribution is 0.480. The predicted octanol–water partition coefficient (Wildman–Crippen LogP) is 1.62. The number of hydrogen-bond donors (Lipinski definition) is 3. The molecule has 0 atom stereocenters. The summed E-state index contributed by atoms with van der Waals surface area (Å²) in [7, 11) is -3.55. The number of nitrogens with zero attached hydrogens (tertiary/aromatic N) is 1. The Balaban J connectivity index is 1.87. The highest BCUT2D eigenvalue weighted by Gasteiger charge is 2.19. The van der Waals surface area contributed by atoms with E-state index in [1.165, 1.54) is 37.9 Å². The van der Waals surface area contributed by atoms with Gasteiger partial charge in [-0.05, 0) is 30.9 Å². The molecule has 0 aliphatic heterocycles. The number of nitrogens with two attached hydrogens (primary N) is 1. The lowest BCUT2D eigenvalue weighted by atomic mass is 10.0. The highest BCUT2D eigenvalue weighted by atomic mass is 32.2. The zero-order valence-corrected chi connectivity index (χ0v) is 12.3. The van der Waals surface area contributed by atoms with Gasteiger partial charge < -0.3 is 5.43 Å². The third-order valence-corrected chi connectivity index (χ3v) is 5.25. The fourth-order valence-corrected chi connectivity index (χ4v) is 3.88. The van der Waals surface area contributed by atoms with Crippen molar-refractivity contribution < 1.29 is 8.42 Å². The highest BCUT2D eigenvalue weighted by Crippen LogP contribution is 2.28. The van der Waals surface area contributed by atoms with Crippen LogP contribution in [-0.2, 0) is 10.0 Å². The minimum Gasteiger partial charge on any atom is -0.307 e. The van der Waals surface area contributed by atoms with Crippen molar-refractivity contribution in [3.8, 4) is 0 Å². The van der Waals surface area contributed by atoms with Gasteiger partial charge in [-0.2, -0.15) is 0 Å². The molecule has 0 amide bonds. The zero-order valence-electron chi connectivity index (χ0n) is 11.5. The lowest BCUT2D eigenvalue weighted by Crippen LogP contribution is -2.27. The van der Waals surface area contributed by atoms with Gasteiger partial charge in [0.15, 0.2) is 5.82 Å². The molecule has 1 aliphatic rings. The first-order valence-corrected chi connectivity index (χ1v) is 8.53. The monoisotopic (exact) mass is 298 g/mol. The quantitative estimate of drug-likeness (QED) is 0.404. The van der Waals surface area contributed by atoms with E-state index in [0.717, 1.165) is 18.8 Å². The van der Waals surface area contributed by atoms with Crippen LogP contribution in [0, 0.1) is 5.92 Å². The molecule has 1 saturated carbocycles. The molecule has 2 rings (SSSR count). The Morgan fingerprint density at radius 2 is 2.10 bits per heavy atom. The molecular weight excluding hydrogens is 276 g/mol. The molecule has 0 radical (unpaired) electrons. The molecule has 6 nitrogen and oxygen atoms in total. The van der Waals surface area contributed by atoms with Crippen molar-refractivity contribution in [2.75, 3.05) is 12.0 Å². The number of rotatable bonds is 7. The minimum absolute atomic E-state index is 0.0865. The van der Waals surface area contributed by atoms with Gasteiger partial charge in [-0.1, -0.05) is 25.7 Å². The van der Waals surface area contributed by atoms with E-state index in [4.69, 9.17) is 5.84 Å². The molecule has 7 heteroatoms. The fraction of sp³-hybridized carbons (Fsp3) is 0.615. The van der Waals surface area contributed by atoms with Crippen molar-refractivity contribution in [1.29, 1.82) is 0 Å². The van der Waals surface area contributed by atoms with Gasteiger partial charge in [-0.15, -0.1) is 0 Å². The topological polar surface area (TPSA) is 97.1 Å². The summed E-state index contributed by atoms with van der Waals surface area (Å²) in [6.07, 6.45) is 8.67. The third kappa shape index (κ3) is 3.91. The molecule has 1 aromatic heterocycles. The molecule has 1 heterocycles. The Labute approximate surface area is 120 Å². The number of aromatic nitrogens is 1. The first-order chi connectivity index (χ1) is 9.63. The van der Waals surface area contributed by atoms with Gasteiger partial charge in [-0.3, -0.25) is 0 Å². The van der Waals surface area contributed by atoms with E-state index in [9.17, 15) is 8.42 Å². The van der Waals surface area contributed by atoms with Gasteiger partial charge in [0.1, 0.15) is 4.90 Å². The van der Waals surface area contributed by atoms with Crippen molar-refractivity contribution in [3.05, 3.63) is 18.3 Å². The summed E-state index contributed by atoms with van der Waals surface area (Å²) in [6, 6.07) is 3.06. The predicted molar refractivity (Wildman–Crippen MR) is 78.4 cm³/mol. The Hall–Kier alpha value is -1.18. The molecular formula is C13H22N4O2S. The SMILES string of the molecule is NNc1ncccc1S(=O)(=O)NCCCC1CCCC1. The van der Waals surface area contributed by atoms with E-state index >= 15 is 0 Å². The number of nitrogens with one attached hydrogen (secondary N) is 2. The summed E-state index contributed by atoms with van der Waals surface area (Å²) in [5.74, 6) is 6.22. The summed E-state index contributed by atoms with van der Waals surface area (Å²) < 4.78 is 26.9. The van der Waals surface area contributed by atoms with Gasteiger partial charge in [0.05, 0.1) is 0 Å². The first-order valence-electron chi connectivity index (χ1n) is 7.05. The van der Waals surface area contributed by atoms with Crippen LogP contribution < -0.4 is 16.0 Å². The number of pyridine rings is 1. The molecule has 4 N–H and O–H groups in total. The molecule has 1 aromatic rings. The number of hydrazine groups is 1. The van der Waals surface area contributed by atoms with E-state index in [1.54, 1.807) is 6.07 Å². The summed E-state index contributed by atoms with van der Waals surface area (Å²) in [5, 5.41) is 0. The molecule has 0 spiro atoms. The molecule has 0 unspecified atom stereocenters. The van der Waals surface area contributed by atoms with Gasteiger partial charge in [0.2, 0.25) is 10.0 Å². The molecule has 1 aliphatic carbocycles. The Morgan fingerprint density at radius 3 is 2.80 bits per heavy atom. The Morgan fingerprint density at radius 1 is 1.35 bits per heavy atom. The van der Waals surface area contributed by atoms with Gasteiger partial charge in [0, 0.05) is 12.7 Å². The number of hydrogen-bond acceptors (Lipinski definition) is 5. The van der Waals surface area contributed by atoms with Crippen LogP contribution in [-0.4, -0.2) is 19.9 Å². The molecule has 0 aromatic carbocycles. The zero-order chi connectivity index (χ0) is 14.4. The Bertz CT molecular complexity index is 527. The molecule has 0 bridgehead atoms. The van der Waals surface area contributed by atoms with Crippen LogP contribution in [0.3, 0.4) is 0 Å². The van der Waals surface area contributed by atoms with Crippen molar-refractivity contribution in [1.82, 2.24) is 9.71 Å². The van der Waals surface area contributed by atoms with Crippen LogP contribution in [0.15, 0.2) is 23.2 Å². The summed E-state index contributed by atoms with van der Waals surface area (Å²) >= 11 is 0. The van der Waals surface area contributed by atoms with E-state index < -0.39 is 10.0 Å². The van der Waals surface area contributed by atoms with E-state index in [2.05, 4.69) is 15.1 Å². The average molecular weight is 298 g/mol. The van der Waals surface area contributed by atoms with Crippen LogP contribution in [0.5, 0.6) is 0 Å². The number of nitrogen functional groups attached to an aromatic ring is 1. The van der Waals surface area contributed by atoms with Gasteiger partial charge in [-0.25, -0.2) is 24.0 Å². The van der Waals surface area contributed by atoms with Crippen molar-refractivity contribution >= 4 is 15.8 Å². The standard InChI is InChI=1S/C13H22N4O2S/c14-17-13-12(8-4-9-15-13)20(18,19)16-10-3-7-11-5-1-2-6-11/h4,8-9,11,16H,1-3,5-7,10,14H2,(H,15,17). The average Bonchev–Trinajstić information content (AvgIpc) is 2.97. The van der Waals surface area contributed by atoms with E-state index in [-0.39, 0.29) is 10.7 Å². The van der Waals surface area contributed by atoms with Crippen LogP contribution in [0.4, 0.5) is 5.82 Å². The maximum absolute atomic E-state index is 12.2. The van der Waals surface area contributed by atoms with Gasteiger partial charge in [0.25, 0.3) is 0 Å². The lowest BCUT2D eigenvalue weighted by Gasteiger charge is -2.11. The summed E-state index contributed by atoms with van der Waals surface area (Å²) in [6.45, 7) is 0.456. The largest absolute Gasteiger partial charge is 0.307 e. The fourth-order valence-electron chi connectivity index (χ4n) is 2.69. The summed E-state index contributed by atoms with van der Waals surface area (Å²) in [5.41, 5.74) is 2.31. The minimum atomic E-state index is -3.55. The molecule has 0 saturated heterocycles. The molecule has 20 heavy (non-hydrogen) atoms. The second kappa shape index (κ2) is 7.01. The molecule has 1 fully saturated rings. The van der Waals surface area contributed by atoms with Crippen molar-refractivity contribution in [2.24, 2.45) is 11.8 Å². The van der Waals surface area contributed by atoms with Gasteiger partial charge >= 0.3 is 0 Å². The normalized spacial score (nSPS) is 16.4.